The summed E-state index contributed by atoms with van der Waals surface area (Å²) in [6.07, 6.45) is -0.438. The van der Waals surface area contributed by atoms with Gasteiger partial charge in [-0.3, -0.25) is 0 Å². The molecule has 114 valence electrons. The van der Waals surface area contributed by atoms with Crippen molar-refractivity contribution in [3.05, 3.63) is 64.7 Å². The highest BCUT2D eigenvalue weighted by Gasteiger charge is 2.32. The Morgan fingerprint density at radius 2 is 1.27 bits per heavy atom. The van der Waals surface area contributed by atoms with Crippen LogP contribution < -0.4 is 0 Å². The summed E-state index contributed by atoms with van der Waals surface area (Å²) < 4.78 is 6.14. The van der Waals surface area contributed by atoms with Gasteiger partial charge in [0.1, 0.15) is 18.0 Å². The SMILES string of the molecule is CC1=C(C)[C@H](c2ccc(O)c(O)c2)O[C@H]1c1ccc(O)cc1. The van der Waals surface area contributed by atoms with E-state index in [1.807, 2.05) is 26.0 Å². The molecule has 0 spiro atoms. The Bertz CT molecular complexity index is 731. The Balaban J connectivity index is 1.93. The molecule has 0 unspecified atom stereocenters. The average molecular weight is 298 g/mol. The van der Waals surface area contributed by atoms with E-state index in [-0.39, 0.29) is 29.5 Å². The normalized spacial score (nSPS) is 21.4. The lowest BCUT2D eigenvalue weighted by Gasteiger charge is -2.17. The maximum atomic E-state index is 9.68. The van der Waals surface area contributed by atoms with Gasteiger partial charge in [-0.05, 0) is 60.4 Å². The van der Waals surface area contributed by atoms with Crippen molar-refractivity contribution in [2.75, 3.05) is 0 Å². The van der Waals surface area contributed by atoms with Crippen LogP contribution in [0, 0.1) is 0 Å². The molecule has 3 N–H and O–H groups in total. The number of phenols is 3. The summed E-state index contributed by atoms with van der Waals surface area (Å²) in [5, 5.41) is 28.5. The van der Waals surface area contributed by atoms with Crippen LogP contribution >= 0.6 is 0 Å². The molecule has 1 aliphatic heterocycles. The van der Waals surface area contributed by atoms with E-state index in [0.717, 1.165) is 22.3 Å². The van der Waals surface area contributed by atoms with Crippen LogP contribution in [0.2, 0.25) is 0 Å². The van der Waals surface area contributed by atoms with Gasteiger partial charge in [0.15, 0.2) is 11.5 Å². The van der Waals surface area contributed by atoms with Gasteiger partial charge in [-0.15, -0.1) is 0 Å². The summed E-state index contributed by atoms with van der Waals surface area (Å²) >= 11 is 0. The van der Waals surface area contributed by atoms with Crippen molar-refractivity contribution in [3.8, 4) is 17.2 Å². The van der Waals surface area contributed by atoms with Gasteiger partial charge in [0, 0.05) is 0 Å². The molecule has 1 aliphatic rings. The van der Waals surface area contributed by atoms with Crippen molar-refractivity contribution in [2.45, 2.75) is 26.1 Å². The van der Waals surface area contributed by atoms with Crippen molar-refractivity contribution in [1.29, 1.82) is 0 Å². The highest BCUT2D eigenvalue weighted by Crippen LogP contribution is 2.46. The topological polar surface area (TPSA) is 69.9 Å². The molecule has 0 aliphatic carbocycles. The van der Waals surface area contributed by atoms with Crippen LogP contribution in [0.5, 0.6) is 17.2 Å². The lowest BCUT2D eigenvalue weighted by atomic mass is 9.97. The number of aromatic hydroxyl groups is 3. The zero-order chi connectivity index (χ0) is 15.9. The standard InChI is InChI=1S/C18H18O4/c1-10-11(2)18(13-5-8-15(20)16(21)9-13)22-17(10)12-3-6-14(19)7-4-12/h3-9,17-21H,1-2H3/t17-,18-/m1/s1. The molecule has 4 nitrogen and oxygen atoms in total. The van der Waals surface area contributed by atoms with Crippen molar-refractivity contribution in [3.63, 3.8) is 0 Å². The first-order valence-corrected chi connectivity index (χ1v) is 7.11. The van der Waals surface area contributed by atoms with Gasteiger partial charge in [-0.2, -0.15) is 0 Å². The van der Waals surface area contributed by atoms with Crippen LogP contribution in [-0.2, 0) is 4.74 Å². The maximum Gasteiger partial charge on any atom is 0.157 e. The quantitative estimate of drug-likeness (QED) is 0.580. The molecule has 0 fully saturated rings. The predicted octanol–water partition coefficient (Wildman–Crippen LogP) is 3.95. The van der Waals surface area contributed by atoms with Crippen molar-refractivity contribution < 1.29 is 20.1 Å². The fraction of sp³-hybridized carbons (Fsp3) is 0.222. The molecule has 0 saturated carbocycles. The number of phenolic OH excluding ortho intramolecular Hbond substituents is 3. The van der Waals surface area contributed by atoms with Crippen molar-refractivity contribution in [2.24, 2.45) is 0 Å². The van der Waals surface area contributed by atoms with Crippen LogP contribution in [0.15, 0.2) is 53.6 Å². The number of benzene rings is 2. The third-order valence-electron chi connectivity index (χ3n) is 4.18. The van der Waals surface area contributed by atoms with Gasteiger partial charge in [0.25, 0.3) is 0 Å². The zero-order valence-corrected chi connectivity index (χ0v) is 12.4. The number of ether oxygens (including phenoxy) is 1. The zero-order valence-electron chi connectivity index (χ0n) is 12.4. The minimum absolute atomic E-state index is 0.143. The third kappa shape index (κ3) is 2.42. The molecule has 4 heteroatoms. The van der Waals surface area contributed by atoms with E-state index in [1.165, 1.54) is 12.1 Å². The van der Waals surface area contributed by atoms with E-state index in [1.54, 1.807) is 18.2 Å². The van der Waals surface area contributed by atoms with Gasteiger partial charge >= 0.3 is 0 Å². The molecule has 3 rings (SSSR count). The molecule has 0 bridgehead atoms. The van der Waals surface area contributed by atoms with Crippen molar-refractivity contribution >= 4 is 0 Å². The summed E-state index contributed by atoms with van der Waals surface area (Å²) in [4.78, 5) is 0. The number of rotatable bonds is 2. The smallest absolute Gasteiger partial charge is 0.157 e. The fourth-order valence-corrected chi connectivity index (χ4v) is 2.76. The number of hydrogen-bond acceptors (Lipinski definition) is 4. The molecule has 22 heavy (non-hydrogen) atoms. The van der Waals surface area contributed by atoms with Gasteiger partial charge in [0.2, 0.25) is 0 Å². The Morgan fingerprint density at radius 3 is 1.86 bits per heavy atom. The Hall–Kier alpha value is -2.46. The van der Waals surface area contributed by atoms with E-state index in [9.17, 15) is 15.3 Å². The summed E-state index contributed by atoms with van der Waals surface area (Å²) in [7, 11) is 0. The predicted molar refractivity (Wildman–Crippen MR) is 82.8 cm³/mol. The minimum Gasteiger partial charge on any atom is -0.508 e. The molecular weight excluding hydrogens is 280 g/mol. The molecule has 1 heterocycles. The summed E-state index contributed by atoms with van der Waals surface area (Å²) in [6, 6.07) is 11.7. The molecule has 2 atom stereocenters. The molecule has 0 aromatic heterocycles. The lowest BCUT2D eigenvalue weighted by molar-refractivity contribution is 0.0516. The van der Waals surface area contributed by atoms with Crippen LogP contribution in [0.1, 0.15) is 37.2 Å². The van der Waals surface area contributed by atoms with Crippen molar-refractivity contribution in [1.82, 2.24) is 0 Å². The van der Waals surface area contributed by atoms with E-state index >= 15 is 0 Å². The lowest BCUT2D eigenvalue weighted by Crippen LogP contribution is -2.03. The molecule has 2 aromatic carbocycles. The van der Waals surface area contributed by atoms with Gasteiger partial charge in [0.05, 0.1) is 0 Å². The Kier molecular flexibility index (Phi) is 3.54. The molecular formula is C18H18O4. The van der Waals surface area contributed by atoms with Crippen LogP contribution in [0.3, 0.4) is 0 Å². The molecule has 0 saturated heterocycles. The molecule has 0 radical (unpaired) electrons. The minimum atomic E-state index is -0.259. The van der Waals surface area contributed by atoms with E-state index in [4.69, 9.17) is 4.74 Å². The van der Waals surface area contributed by atoms with Gasteiger partial charge < -0.3 is 20.1 Å². The van der Waals surface area contributed by atoms with Crippen LogP contribution in [0.4, 0.5) is 0 Å². The number of hydrogen-bond donors (Lipinski definition) is 3. The second kappa shape index (κ2) is 5.39. The molecule has 0 amide bonds. The van der Waals surface area contributed by atoms with E-state index in [2.05, 4.69) is 0 Å². The first kappa shape index (κ1) is 14.5. The van der Waals surface area contributed by atoms with Gasteiger partial charge in [-0.25, -0.2) is 0 Å². The second-order valence-electron chi connectivity index (χ2n) is 5.60. The summed E-state index contributed by atoms with van der Waals surface area (Å²) in [5.74, 6) is -0.0741. The van der Waals surface area contributed by atoms with Crippen LogP contribution in [-0.4, -0.2) is 15.3 Å². The first-order chi connectivity index (χ1) is 10.5. The fourth-order valence-electron chi connectivity index (χ4n) is 2.76. The monoisotopic (exact) mass is 298 g/mol. The molecule has 2 aromatic rings. The highest BCUT2D eigenvalue weighted by molar-refractivity contribution is 5.45. The second-order valence-corrected chi connectivity index (χ2v) is 5.60. The highest BCUT2D eigenvalue weighted by atomic mass is 16.5. The Morgan fingerprint density at radius 1 is 0.727 bits per heavy atom. The largest absolute Gasteiger partial charge is 0.508 e. The Labute approximate surface area is 128 Å². The summed E-state index contributed by atoms with van der Waals surface area (Å²) in [6.45, 7) is 4.03. The third-order valence-corrected chi connectivity index (χ3v) is 4.18. The van der Waals surface area contributed by atoms with E-state index in [0.29, 0.717) is 0 Å². The van der Waals surface area contributed by atoms with Crippen LogP contribution in [0.25, 0.3) is 0 Å². The van der Waals surface area contributed by atoms with Gasteiger partial charge in [-0.1, -0.05) is 18.2 Å². The average Bonchev–Trinajstić information content (AvgIpc) is 2.79. The van der Waals surface area contributed by atoms with E-state index < -0.39 is 0 Å². The summed E-state index contributed by atoms with van der Waals surface area (Å²) in [5.41, 5.74) is 3.97. The maximum absolute atomic E-state index is 9.68. The first-order valence-electron chi connectivity index (χ1n) is 7.11.